The van der Waals surface area contributed by atoms with Crippen molar-refractivity contribution in [3.63, 3.8) is 0 Å². The molecule has 1 aromatic heterocycles. The first-order valence-electron chi connectivity index (χ1n) is 5.19. The standard InChI is InChI=1S/C13H9FN2O2/c14-12-4-3-9(13(17)18)6-10(12)8-16-5-1-2-11(16)7-15/h1-6H,8H2,(H,17,18). The maximum Gasteiger partial charge on any atom is 0.335 e. The molecule has 0 aliphatic rings. The highest BCUT2D eigenvalue weighted by molar-refractivity contribution is 5.87. The highest BCUT2D eigenvalue weighted by atomic mass is 19.1. The zero-order valence-corrected chi connectivity index (χ0v) is 9.30. The number of aromatic carboxylic acids is 1. The van der Waals surface area contributed by atoms with Gasteiger partial charge in [-0.3, -0.25) is 0 Å². The van der Waals surface area contributed by atoms with E-state index in [9.17, 15) is 9.18 Å². The highest BCUT2D eigenvalue weighted by Gasteiger charge is 2.10. The van der Waals surface area contributed by atoms with Crippen molar-refractivity contribution in [1.29, 1.82) is 5.26 Å². The number of hydrogen-bond acceptors (Lipinski definition) is 2. The van der Waals surface area contributed by atoms with Gasteiger partial charge in [0, 0.05) is 11.8 Å². The Kier molecular flexibility index (Phi) is 3.11. The largest absolute Gasteiger partial charge is 0.478 e. The molecule has 0 saturated heterocycles. The second-order valence-corrected chi connectivity index (χ2v) is 3.74. The SMILES string of the molecule is N#Cc1cccn1Cc1cc(C(=O)O)ccc1F. The van der Waals surface area contributed by atoms with E-state index in [0.29, 0.717) is 5.69 Å². The smallest absolute Gasteiger partial charge is 0.335 e. The molecule has 0 spiro atoms. The molecule has 90 valence electrons. The summed E-state index contributed by atoms with van der Waals surface area (Å²) in [7, 11) is 0. The average molecular weight is 244 g/mol. The van der Waals surface area contributed by atoms with Gasteiger partial charge in [-0.2, -0.15) is 5.26 Å². The summed E-state index contributed by atoms with van der Waals surface area (Å²) in [6.07, 6.45) is 1.64. The molecule has 2 aromatic rings. The molecule has 4 nitrogen and oxygen atoms in total. The van der Waals surface area contributed by atoms with Crippen LogP contribution in [-0.4, -0.2) is 15.6 Å². The van der Waals surface area contributed by atoms with Gasteiger partial charge >= 0.3 is 5.97 Å². The van der Waals surface area contributed by atoms with Gasteiger partial charge in [-0.1, -0.05) is 0 Å². The van der Waals surface area contributed by atoms with Gasteiger partial charge in [-0.25, -0.2) is 9.18 Å². The first kappa shape index (κ1) is 11.9. The van der Waals surface area contributed by atoms with Gasteiger partial charge in [0.1, 0.15) is 17.6 Å². The predicted octanol–water partition coefficient (Wildman–Crippen LogP) is 2.25. The molecule has 0 amide bonds. The van der Waals surface area contributed by atoms with Crippen molar-refractivity contribution in [3.05, 3.63) is 59.2 Å². The molecule has 1 heterocycles. The molecule has 1 N–H and O–H groups in total. The lowest BCUT2D eigenvalue weighted by atomic mass is 10.1. The minimum atomic E-state index is -1.11. The van der Waals surface area contributed by atoms with E-state index < -0.39 is 11.8 Å². The van der Waals surface area contributed by atoms with Crippen LogP contribution in [0.2, 0.25) is 0 Å². The summed E-state index contributed by atoms with van der Waals surface area (Å²) < 4.78 is 15.1. The molecule has 0 aliphatic heterocycles. The van der Waals surface area contributed by atoms with Gasteiger partial charge < -0.3 is 9.67 Å². The van der Waals surface area contributed by atoms with Gasteiger partial charge in [0.15, 0.2) is 0 Å². The number of nitriles is 1. The second kappa shape index (κ2) is 4.72. The third kappa shape index (κ3) is 2.23. The molecule has 0 radical (unpaired) electrons. The van der Waals surface area contributed by atoms with E-state index >= 15 is 0 Å². The Morgan fingerprint density at radius 3 is 2.89 bits per heavy atom. The number of aromatic nitrogens is 1. The van der Waals surface area contributed by atoms with Crippen LogP contribution < -0.4 is 0 Å². The van der Waals surface area contributed by atoms with Crippen LogP contribution in [0.1, 0.15) is 21.6 Å². The van der Waals surface area contributed by atoms with Crippen LogP contribution in [-0.2, 0) is 6.54 Å². The number of halogens is 1. The highest BCUT2D eigenvalue weighted by Crippen LogP contribution is 2.14. The van der Waals surface area contributed by atoms with E-state index in [0.717, 1.165) is 6.07 Å². The van der Waals surface area contributed by atoms with Crippen molar-refractivity contribution >= 4 is 5.97 Å². The van der Waals surface area contributed by atoms with Crippen LogP contribution in [0.4, 0.5) is 4.39 Å². The van der Waals surface area contributed by atoms with Crippen LogP contribution in [0.25, 0.3) is 0 Å². The molecule has 1 aromatic carbocycles. The molecule has 0 fully saturated rings. The molecule has 18 heavy (non-hydrogen) atoms. The number of rotatable bonds is 3. The number of nitrogens with zero attached hydrogens (tertiary/aromatic N) is 2. The van der Waals surface area contributed by atoms with E-state index in [-0.39, 0.29) is 17.7 Å². The maximum atomic E-state index is 13.6. The van der Waals surface area contributed by atoms with Crippen molar-refractivity contribution in [2.45, 2.75) is 6.54 Å². The van der Waals surface area contributed by atoms with Crippen LogP contribution >= 0.6 is 0 Å². The number of carboxylic acid groups (broad SMARTS) is 1. The van der Waals surface area contributed by atoms with Gasteiger partial charge in [-0.05, 0) is 30.3 Å². The van der Waals surface area contributed by atoms with Gasteiger partial charge in [0.25, 0.3) is 0 Å². The van der Waals surface area contributed by atoms with Crippen LogP contribution in [0.15, 0.2) is 36.5 Å². The summed E-state index contributed by atoms with van der Waals surface area (Å²) in [6, 6.07) is 8.87. The quantitative estimate of drug-likeness (QED) is 0.900. The summed E-state index contributed by atoms with van der Waals surface area (Å²) in [6.45, 7) is 0.128. The summed E-state index contributed by atoms with van der Waals surface area (Å²) in [5, 5.41) is 17.7. The molecular weight excluding hydrogens is 235 g/mol. The average Bonchev–Trinajstić information content (AvgIpc) is 2.79. The van der Waals surface area contributed by atoms with E-state index in [4.69, 9.17) is 10.4 Å². The molecule has 0 bridgehead atoms. The monoisotopic (exact) mass is 244 g/mol. The van der Waals surface area contributed by atoms with Crippen LogP contribution in [0.3, 0.4) is 0 Å². The summed E-state index contributed by atoms with van der Waals surface area (Å²) in [5.41, 5.74) is 0.662. The fraction of sp³-hybridized carbons (Fsp3) is 0.0769. The molecule has 0 aliphatic carbocycles. The Morgan fingerprint density at radius 1 is 1.44 bits per heavy atom. The third-order valence-corrected chi connectivity index (χ3v) is 2.58. The fourth-order valence-corrected chi connectivity index (χ4v) is 1.67. The van der Waals surface area contributed by atoms with E-state index in [1.807, 2.05) is 6.07 Å². The minimum Gasteiger partial charge on any atom is -0.478 e. The van der Waals surface area contributed by atoms with Gasteiger partial charge in [0.2, 0.25) is 0 Å². The van der Waals surface area contributed by atoms with Crippen molar-refractivity contribution in [1.82, 2.24) is 4.57 Å². The van der Waals surface area contributed by atoms with Gasteiger partial charge in [-0.15, -0.1) is 0 Å². The minimum absolute atomic E-state index is 0.0251. The predicted molar refractivity (Wildman–Crippen MR) is 61.6 cm³/mol. The van der Waals surface area contributed by atoms with Crippen molar-refractivity contribution in [2.24, 2.45) is 0 Å². The lowest BCUT2D eigenvalue weighted by Gasteiger charge is -2.07. The summed E-state index contributed by atoms with van der Waals surface area (Å²) in [5.74, 6) is -1.60. The lowest BCUT2D eigenvalue weighted by Crippen LogP contribution is -2.05. The van der Waals surface area contributed by atoms with E-state index in [1.54, 1.807) is 22.9 Å². The Labute approximate surface area is 103 Å². The van der Waals surface area contributed by atoms with Crippen molar-refractivity contribution < 1.29 is 14.3 Å². The summed E-state index contributed by atoms with van der Waals surface area (Å²) in [4.78, 5) is 10.8. The van der Waals surface area contributed by atoms with E-state index in [2.05, 4.69) is 0 Å². The zero-order valence-electron chi connectivity index (χ0n) is 9.30. The number of benzene rings is 1. The van der Waals surface area contributed by atoms with Gasteiger partial charge in [0.05, 0.1) is 12.1 Å². The molecule has 0 unspecified atom stereocenters. The van der Waals surface area contributed by atoms with Crippen molar-refractivity contribution in [3.8, 4) is 6.07 Å². The summed E-state index contributed by atoms with van der Waals surface area (Å²) >= 11 is 0. The number of hydrogen-bond donors (Lipinski definition) is 1. The Bertz CT molecular complexity index is 641. The lowest BCUT2D eigenvalue weighted by molar-refractivity contribution is 0.0696. The first-order valence-corrected chi connectivity index (χ1v) is 5.19. The molecule has 5 heteroatoms. The topological polar surface area (TPSA) is 66.0 Å². The normalized spacial score (nSPS) is 10.0. The number of carbonyl (C=O) groups is 1. The maximum absolute atomic E-state index is 13.6. The Balaban J connectivity index is 2.37. The van der Waals surface area contributed by atoms with E-state index in [1.165, 1.54) is 12.1 Å². The molecule has 0 saturated carbocycles. The van der Waals surface area contributed by atoms with Crippen LogP contribution in [0.5, 0.6) is 0 Å². The first-order chi connectivity index (χ1) is 8.61. The third-order valence-electron chi connectivity index (χ3n) is 2.58. The van der Waals surface area contributed by atoms with Crippen molar-refractivity contribution in [2.75, 3.05) is 0 Å². The zero-order chi connectivity index (χ0) is 13.1. The second-order valence-electron chi connectivity index (χ2n) is 3.74. The molecular formula is C13H9FN2O2. The fourth-order valence-electron chi connectivity index (χ4n) is 1.67. The van der Waals surface area contributed by atoms with Crippen LogP contribution in [0, 0.1) is 17.1 Å². The Hall–Kier alpha value is -2.61. The number of carboxylic acids is 1. The molecule has 2 rings (SSSR count). The molecule has 0 atom stereocenters. The Morgan fingerprint density at radius 2 is 2.22 bits per heavy atom.